The second-order valence-electron chi connectivity index (χ2n) is 3.69. The smallest absolute Gasteiger partial charge is 0.212 e. The first-order valence-electron chi connectivity index (χ1n) is 4.50. The topological polar surface area (TPSA) is 34.1 Å². The van der Waals surface area contributed by atoms with Gasteiger partial charge < -0.3 is 0 Å². The van der Waals surface area contributed by atoms with E-state index >= 15 is 0 Å². The lowest BCUT2D eigenvalue weighted by atomic mass is 10.0. The molecule has 0 amide bonds. The fourth-order valence-electron chi connectivity index (χ4n) is 1.32. The Kier molecular flexibility index (Phi) is 3.73. The third kappa shape index (κ3) is 3.80. The summed E-state index contributed by atoms with van der Waals surface area (Å²) < 4.78 is 34.9. The normalized spacial score (nSPS) is 12.1. The fraction of sp³-hybridized carbons (Fsp3) is 0.400. The standard InChI is InChI=1S/C10H12ClFO2S/c1-7(2)9-5-8(3-4-10(9)12)6-15(11,13)14/h3-5,7H,6H2,1-2H3. The Hall–Kier alpha value is -0.610. The number of benzene rings is 1. The number of hydrogen-bond acceptors (Lipinski definition) is 2. The van der Waals surface area contributed by atoms with Gasteiger partial charge in [-0.2, -0.15) is 0 Å². The van der Waals surface area contributed by atoms with Crippen LogP contribution in [0.25, 0.3) is 0 Å². The van der Waals surface area contributed by atoms with Gasteiger partial charge in [0.15, 0.2) is 0 Å². The second-order valence-corrected chi connectivity index (χ2v) is 6.47. The summed E-state index contributed by atoms with van der Waals surface area (Å²) in [5.41, 5.74) is 1.02. The molecule has 0 aromatic heterocycles. The molecule has 0 saturated carbocycles. The molecule has 0 heterocycles. The average Bonchev–Trinajstić information content (AvgIpc) is 2.05. The van der Waals surface area contributed by atoms with Crippen molar-refractivity contribution in [1.82, 2.24) is 0 Å². The summed E-state index contributed by atoms with van der Waals surface area (Å²) in [6.45, 7) is 3.69. The van der Waals surface area contributed by atoms with Gasteiger partial charge in [-0.05, 0) is 23.1 Å². The van der Waals surface area contributed by atoms with Gasteiger partial charge in [0.2, 0.25) is 9.05 Å². The van der Waals surface area contributed by atoms with E-state index in [1.807, 2.05) is 13.8 Å². The Bertz CT molecular complexity index is 454. The Labute approximate surface area is 93.5 Å². The van der Waals surface area contributed by atoms with E-state index in [0.717, 1.165) is 0 Å². The minimum atomic E-state index is -3.58. The molecule has 0 aliphatic rings. The third-order valence-electron chi connectivity index (χ3n) is 2.02. The molecule has 84 valence electrons. The summed E-state index contributed by atoms with van der Waals surface area (Å²) in [7, 11) is 1.54. The molecule has 0 atom stereocenters. The number of halogens is 2. The predicted octanol–water partition coefficient (Wildman–Crippen LogP) is 3.02. The Morgan fingerprint density at radius 1 is 1.40 bits per heavy atom. The first-order valence-corrected chi connectivity index (χ1v) is 6.98. The maximum atomic E-state index is 13.3. The van der Waals surface area contributed by atoms with Crippen molar-refractivity contribution < 1.29 is 12.8 Å². The summed E-state index contributed by atoms with van der Waals surface area (Å²) in [5, 5.41) is 0. The SMILES string of the molecule is CC(C)c1cc(CS(=O)(=O)Cl)ccc1F. The van der Waals surface area contributed by atoms with Crippen LogP contribution in [0, 0.1) is 5.82 Å². The molecule has 1 rings (SSSR count). The zero-order valence-corrected chi connectivity index (χ0v) is 10.1. The van der Waals surface area contributed by atoms with Gasteiger partial charge in [-0.15, -0.1) is 0 Å². The van der Waals surface area contributed by atoms with Crippen LogP contribution in [-0.2, 0) is 14.8 Å². The van der Waals surface area contributed by atoms with Gasteiger partial charge in [0.05, 0.1) is 5.75 Å². The van der Waals surface area contributed by atoms with Crippen LogP contribution in [0.3, 0.4) is 0 Å². The highest BCUT2D eigenvalue weighted by Crippen LogP contribution is 2.21. The van der Waals surface area contributed by atoms with Gasteiger partial charge in [0.25, 0.3) is 0 Å². The van der Waals surface area contributed by atoms with Crippen LogP contribution in [-0.4, -0.2) is 8.42 Å². The summed E-state index contributed by atoms with van der Waals surface area (Å²) in [6, 6.07) is 4.24. The van der Waals surface area contributed by atoms with Crippen LogP contribution in [0.2, 0.25) is 0 Å². The summed E-state index contributed by atoms with van der Waals surface area (Å²) in [5.74, 6) is -0.571. The molecule has 15 heavy (non-hydrogen) atoms. The lowest BCUT2D eigenvalue weighted by Gasteiger charge is -2.08. The summed E-state index contributed by atoms with van der Waals surface area (Å²) in [6.07, 6.45) is 0. The van der Waals surface area contributed by atoms with Crippen molar-refractivity contribution in [3.05, 3.63) is 35.1 Å². The predicted molar refractivity (Wildman–Crippen MR) is 59.0 cm³/mol. The molecule has 1 aromatic carbocycles. The molecule has 1 aromatic rings. The van der Waals surface area contributed by atoms with E-state index in [9.17, 15) is 12.8 Å². The van der Waals surface area contributed by atoms with E-state index in [1.54, 1.807) is 6.07 Å². The maximum absolute atomic E-state index is 13.3. The van der Waals surface area contributed by atoms with Crippen molar-refractivity contribution >= 4 is 19.7 Å². The van der Waals surface area contributed by atoms with E-state index in [4.69, 9.17) is 10.7 Å². The zero-order chi connectivity index (χ0) is 11.6. The molecule has 0 unspecified atom stereocenters. The van der Waals surface area contributed by atoms with Gasteiger partial charge in [0, 0.05) is 10.7 Å². The van der Waals surface area contributed by atoms with Gasteiger partial charge in [0.1, 0.15) is 5.82 Å². The molecule has 5 heteroatoms. The van der Waals surface area contributed by atoms with Crippen LogP contribution in [0.1, 0.15) is 30.9 Å². The summed E-state index contributed by atoms with van der Waals surface area (Å²) >= 11 is 0. The molecular weight excluding hydrogens is 239 g/mol. The number of rotatable bonds is 3. The fourth-order valence-corrected chi connectivity index (χ4v) is 2.28. The second kappa shape index (κ2) is 4.49. The van der Waals surface area contributed by atoms with Gasteiger partial charge in [-0.25, -0.2) is 12.8 Å². The highest BCUT2D eigenvalue weighted by Gasteiger charge is 2.11. The highest BCUT2D eigenvalue weighted by molar-refractivity contribution is 8.13. The molecule has 0 aliphatic heterocycles. The molecular formula is C10H12ClFO2S. The van der Waals surface area contributed by atoms with Crippen LogP contribution in [0.5, 0.6) is 0 Å². The Morgan fingerprint density at radius 3 is 2.47 bits per heavy atom. The zero-order valence-electron chi connectivity index (χ0n) is 8.50. The van der Waals surface area contributed by atoms with Crippen molar-refractivity contribution in [2.75, 3.05) is 0 Å². The molecule has 0 N–H and O–H groups in total. The largest absolute Gasteiger partial charge is 0.236 e. The Morgan fingerprint density at radius 2 is 2.00 bits per heavy atom. The van der Waals surface area contributed by atoms with Crippen LogP contribution < -0.4 is 0 Å². The van der Waals surface area contributed by atoms with E-state index in [-0.39, 0.29) is 17.5 Å². The van der Waals surface area contributed by atoms with E-state index in [0.29, 0.717) is 11.1 Å². The lowest BCUT2D eigenvalue weighted by molar-refractivity contribution is 0.596. The lowest BCUT2D eigenvalue weighted by Crippen LogP contribution is -1.99. The van der Waals surface area contributed by atoms with Crippen LogP contribution >= 0.6 is 10.7 Å². The molecule has 0 radical (unpaired) electrons. The monoisotopic (exact) mass is 250 g/mol. The minimum Gasteiger partial charge on any atom is -0.212 e. The molecule has 0 spiro atoms. The van der Waals surface area contributed by atoms with Crippen LogP contribution in [0.4, 0.5) is 4.39 Å². The first-order chi connectivity index (χ1) is 6.79. The van der Waals surface area contributed by atoms with Crippen molar-refractivity contribution in [2.24, 2.45) is 0 Å². The van der Waals surface area contributed by atoms with Crippen molar-refractivity contribution in [3.63, 3.8) is 0 Å². The highest BCUT2D eigenvalue weighted by atomic mass is 35.7. The van der Waals surface area contributed by atoms with E-state index < -0.39 is 9.05 Å². The first kappa shape index (κ1) is 12.5. The summed E-state index contributed by atoms with van der Waals surface area (Å²) in [4.78, 5) is 0. The Balaban J connectivity index is 3.08. The van der Waals surface area contributed by atoms with E-state index in [1.165, 1.54) is 12.1 Å². The maximum Gasteiger partial charge on any atom is 0.236 e. The average molecular weight is 251 g/mol. The molecule has 0 aliphatic carbocycles. The third-order valence-corrected chi connectivity index (χ3v) is 3.03. The van der Waals surface area contributed by atoms with Gasteiger partial charge in [-0.3, -0.25) is 0 Å². The van der Waals surface area contributed by atoms with Crippen molar-refractivity contribution in [3.8, 4) is 0 Å². The minimum absolute atomic E-state index is 0.0166. The molecule has 0 saturated heterocycles. The van der Waals surface area contributed by atoms with Crippen molar-refractivity contribution in [2.45, 2.75) is 25.5 Å². The van der Waals surface area contributed by atoms with E-state index in [2.05, 4.69) is 0 Å². The van der Waals surface area contributed by atoms with Crippen molar-refractivity contribution in [1.29, 1.82) is 0 Å². The quantitative estimate of drug-likeness (QED) is 0.773. The van der Waals surface area contributed by atoms with Gasteiger partial charge in [-0.1, -0.05) is 26.0 Å². The molecule has 0 fully saturated rings. The number of hydrogen-bond donors (Lipinski definition) is 0. The van der Waals surface area contributed by atoms with Crippen LogP contribution in [0.15, 0.2) is 18.2 Å². The molecule has 2 nitrogen and oxygen atoms in total. The van der Waals surface area contributed by atoms with Gasteiger partial charge >= 0.3 is 0 Å². The molecule has 0 bridgehead atoms.